The Hall–Kier alpha value is -1.36. The zero-order valence-electron chi connectivity index (χ0n) is 11.4. The van der Waals surface area contributed by atoms with Crippen molar-refractivity contribution >= 4 is 16.2 Å². The normalized spacial score (nSPS) is 37.5. The Morgan fingerprint density at radius 2 is 1.90 bits per heavy atom. The minimum atomic E-state index is -3.53. The molecule has 5 heteroatoms. The van der Waals surface area contributed by atoms with Gasteiger partial charge in [0.1, 0.15) is 0 Å². The largest absolute Gasteiger partial charge is 0.276 e. The first-order valence-corrected chi connectivity index (χ1v) is 8.61. The van der Waals surface area contributed by atoms with E-state index in [0.717, 1.165) is 23.3 Å². The fourth-order valence-electron chi connectivity index (χ4n) is 4.43. The van der Waals surface area contributed by atoms with Gasteiger partial charge in [0.15, 0.2) is 0 Å². The van der Waals surface area contributed by atoms with Gasteiger partial charge in [0.2, 0.25) is 0 Å². The lowest BCUT2D eigenvalue weighted by Gasteiger charge is -2.74. The van der Waals surface area contributed by atoms with Crippen LogP contribution in [-0.4, -0.2) is 14.6 Å². The van der Waals surface area contributed by atoms with E-state index in [1.165, 1.54) is 19.3 Å². The maximum atomic E-state index is 12.1. The summed E-state index contributed by atoms with van der Waals surface area (Å²) in [6, 6.07) is 6.79. The molecule has 1 aromatic carbocycles. The first-order chi connectivity index (χ1) is 9.50. The Kier molecular flexibility index (Phi) is 2.38. The molecule has 0 aliphatic heterocycles. The Bertz CT molecular complexity index is 666. The molecule has 0 amide bonds. The maximum absolute atomic E-state index is 12.1. The van der Waals surface area contributed by atoms with Crippen molar-refractivity contribution in [1.82, 2.24) is 4.83 Å². The summed E-state index contributed by atoms with van der Waals surface area (Å²) in [7, 11) is -3.53. The first-order valence-electron chi connectivity index (χ1n) is 7.13. The van der Waals surface area contributed by atoms with Crippen molar-refractivity contribution in [3.63, 3.8) is 0 Å². The van der Waals surface area contributed by atoms with Gasteiger partial charge in [-0.2, -0.15) is 13.5 Å². The maximum Gasteiger partial charge on any atom is 0.276 e. The van der Waals surface area contributed by atoms with E-state index >= 15 is 0 Å². The van der Waals surface area contributed by atoms with Gasteiger partial charge in [-0.05, 0) is 56.1 Å². The molecule has 3 saturated carbocycles. The highest BCUT2D eigenvalue weighted by atomic mass is 32.2. The van der Waals surface area contributed by atoms with Crippen molar-refractivity contribution in [2.45, 2.75) is 31.1 Å². The fourth-order valence-corrected chi connectivity index (χ4v) is 5.22. The van der Waals surface area contributed by atoms with Crippen LogP contribution in [0.25, 0.3) is 0 Å². The number of sulfonamides is 1. The molecule has 0 radical (unpaired) electrons. The lowest BCUT2D eigenvalue weighted by Crippen LogP contribution is -2.69. The second-order valence-electron chi connectivity index (χ2n) is 6.59. The van der Waals surface area contributed by atoms with Gasteiger partial charge < -0.3 is 0 Å². The Labute approximate surface area is 119 Å². The third-order valence-corrected chi connectivity index (χ3v) is 6.63. The fraction of sp³-hybridized carbons (Fsp3) is 0.533. The van der Waals surface area contributed by atoms with Crippen molar-refractivity contribution in [2.75, 3.05) is 0 Å². The van der Waals surface area contributed by atoms with Gasteiger partial charge in [-0.25, -0.2) is 4.83 Å². The quantitative estimate of drug-likeness (QED) is 0.683. The number of nitrogens with one attached hydrogen (secondary N) is 1. The summed E-state index contributed by atoms with van der Waals surface area (Å²) < 4.78 is 24.2. The first kappa shape index (κ1) is 12.4. The summed E-state index contributed by atoms with van der Waals surface area (Å²) in [5.74, 6) is 2.60. The van der Waals surface area contributed by atoms with Crippen molar-refractivity contribution in [3.8, 4) is 0 Å². The molecule has 4 rings (SSSR count). The average Bonchev–Trinajstić information content (AvgIpc) is 2.38. The van der Waals surface area contributed by atoms with Crippen LogP contribution >= 0.6 is 0 Å². The number of benzene rings is 1. The van der Waals surface area contributed by atoms with Gasteiger partial charge >= 0.3 is 0 Å². The molecule has 0 bridgehead atoms. The molecule has 4 nitrogen and oxygen atoms in total. The molecule has 0 unspecified atom stereocenters. The lowest BCUT2D eigenvalue weighted by atomic mass is 9.29. The molecule has 0 spiro atoms. The Morgan fingerprint density at radius 3 is 2.45 bits per heavy atom. The third-order valence-electron chi connectivity index (χ3n) is 5.40. The van der Waals surface area contributed by atoms with Crippen LogP contribution in [0.5, 0.6) is 0 Å². The van der Waals surface area contributed by atoms with E-state index in [1.54, 1.807) is 24.3 Å². The molecule has 3 fully saturated rings. The Morgan fingerprint density at radius 1 is 1.25 bits per heavy atom. The van der Waals surface area contributed by atoms with E-state index in [0.29, 0.717) is 0 Å². The number of aryl methyl sites for hydroxylation is 1. The van der Waals surface area contributed by atoms with Crippen molar-refractivity contribution in [2.24, 2.45) is 28.3 Å². The van der Waals surface area contributed by atoms with Crippen LogP contribution in [0, 0.1) is 30.1 Å². The molecule has 0 heterocycles. The summed E-state index contributed by atoms with van der Waals surface area (Å²) >= 11 is 0. The lowest BCUT2D eigenvalue weighted by molar-refractivity contribution is -0.227. The highest BCUT2D eigenvalue weighted by molar-refractivity contribution is 7.89. The Balaban J connectivity index is 1.45. The molecular formula is C15H18N2O2S. The number of hydrazone groups is 1. The molecular weight excluding hydrogens is 272 g/mol. The highest BCUT2D eigenvalue weighted by Gasteiger charge is 2.70. The summed E-state index contributed by atoms with van der Waals surface area (Å²) in [5.41, 5.74) is 1.26. The zero-order chi connectivity index (χ0) is 14.0. The van der Waals surface area contributed by atoms with E-state index in [2.05, 4.69) is 9.93 Å². The van der Waals surface area contributed by atoms with Gasteiger partial charge in [0, 0.05) is 11.6 Å². The topological polar surface area (TPSA) is 58.5 Å². The van der Waals surface area contributed by atoms with Crippen molar-refractivity contribution in [1.29, 1.82) is 0 Å². The predicted octanol–water partition coefficient (Wildman–Crippen LogP) is 2.31. The van der Waals surface area contributed by atoms with Crippen LogP contribution in [0.4, 0.5) is 0 Å². The van der Waals surface area contributed by atoms with Crippen LogP contribution in [0.1, 0.15) is 24.8 Å². The average molecular weight is 290 g/mol. The van der Waals surface area contributed by atoms with Crippen LogP contribution in [-0.2, 0) is 10.0 Å². The second-order valence-corrected chi connectivity index (χ2v) is 8.25. The molecule has 1 N–H and O–H groups in total. The SMILES string of the molecule is Cc1ccc(S(=O)(=O)N/N=C\C23C[C@H]4C[C@H](C2)C43)cc1. The highest BCUT2D eigenvalue weighted by Crippen LogP contribution is 2.76. The molecule has 3 aliphatic rings. The summed E-state index contributed by atoms with van der Waals surface area (Å²) in [5, 5.41) is 4.03. The smallest absolute Gasteiger partial charge is 0.200 e. The minimum Gasteiger partial charge on any atom is -0.200 e. The summed E-state index contributed by atoms with van der Waals surface area (Å²) in [6.45, 7) is 1.93. The molecule has 1 aromatic rings. The molecule has 106 valence electrons. The van der Waals surface area contributed by atoms with Gasteiger partial charge in [-0.3, -0.25) is 0 Å². The molecule has 2 atom stereocenters. The summed E-state index contributed by atoms with van der Waals surface area (Å²) in [6.07, 6.45) is 5.64. The number of hydrogen-bond acceptors (Lipinski definition) is 3. The molecule has 20 heavy (non-hydrogen) atoms. The predicted molar refractivity (Wildman–Crippen MR) is 76.7 cm³/mol. The van der Waals surface area contributed by atoms with Crippen LogP contribution in [0.3, 0.4) is 0 Å². The molecule has 0 saturated heterocycles. The van der Waals surface area contributed by atoms with Gasteiger partial charge in [0.25, 0.3) is 10.0 Å². The van der Waals surface area contributed by atoms with Crippen molar-refractivity contribution < 1.29 is 8.42 Å². The van der Waals surface area contributed by atoms with Gasteiger partial charge in [-0.1, -0.05) is 17.7 Å². The van der Waals surface area contributed by atoms with E-state index < -0.39 is 10.0 Å². The second kappa shape index (κ2) is 3.85. The van der Waals surface area contributed by atoms with Gasteiger partial charge in [-0.15, -0.1) is 0 Å². The molecule has 0 aromatic heterocycles. The van der Waals surface area contributed by atoms with E-state index in [9.17, 15) is 8.42 Å². The van der Waals surface area contributed by atoms with Crippen LogP contribution in [0.2, 0.25) is 0 Å². The standard InChI is InChI=1S/C15H18N2O2S/c1-10-2-4-13(5-3-10)20(18,19)17-16-9-15-7-11-6-12(8-15)14(11)15/h2-5,9,11-12,14,17H,6-8H2,1H3/b16-9-/t11-,12-,14?,15?/m1/s1. The minimum absolute atomic E-state index is 0.226. The van der Waals surface area contributed by atoms with E-state index in [1.807, 2.05) is 13.1 Å². The third kappa shape index (κ3) is 1.59. The number of rotatable bonds is 4. The van der Waals surface area contributed by atoms with Crippen LogP contribution in [0.15, 0.2) is 34.3 Å². The number of hydrogen-bond donors (Lipinski definition) is 1. The van der Waals surface area contributed by atoms with Crippen LogP contribution < -0.4 is 4.83 Å². The van der Waals surface area contributed by atoms with Gasteiger partial charge in [0.05, 0.1) is 4.90 Å². The van der Waals surface area contributed by atoms with Crippen molar-refractivity contribution in [3.05, 3.63) is 29.8 Å². The zero-order valence-corrected chi connectivity index (χ0v) is 12.2. The number of nitrogens with zero attached hydrogens (tertiary/aromatic N) is 1. The van der Waals surface area contributed by atoms with E-state index in [4.69, 9.17) is 0 Å². The summed E-state index contributed by atoms with van der Waals surface area (Å²) in [4.78, 5) is 2.61. The molecule has 3 aliphatic carbocycles. The van der Waals surface area contributed by atoms with E-state index in [-0.39, 0.29) is 10.3 Å². The monoisotopic (exact) mass is 290 g/mol.